The average Bonchev–Trinajstić information content (AvgIpc) is 2.62. The molecule has 3 aromatic carbocycles. The van der Waals surface area contributed by atoms with Gasteiger partial charge in [-0.05, 0) is 48.9 Å². The predicted octanol–water partition coefficient (Wildman–Crippen LogP) is 3.97. The first-order chi connectivity index (χ1) is 12.0. The van der Waals surface area contributed by atoms with E-state index in [0.717, 1.165) is 11.1 Å². The van der Waals surface area contributed by atoms with Crippen molar-refractivity contribution in [1.82, 2.24) is 0 Å². The lowest BCUT2D eigenvalue weighted by atomic mass is 10.2. The summed E-state index contributed by atoms with van der Waals surface area (Å²) in [7, 11) is -3.69. The number of nitrogens with zero attached hydrogens (tertiary/aromatic N) is 1. The fraction of sp³-hybridized carbons (Fsp3) is 0.100. The van der Waals surface area contributed by atoms with Crippen LogP contribution in [0.5, 0.6) is 0 Å². The predicted molar refractivity (Wildman–Crippen MR) is 102 cm³/mol. The van der Waals surface area contributed by atoms with E-state index in [2.05, 4.69) is 0 Å². The fourth-order valence-electron chi connectivity index (χ4n) is 2.54. The zero-order valence-corrected chi connectivity index (χ0v) is 14.8. The monoisotopic (exact) mass is 352 g/mol. The summed E-state index contributed by atoms with van der Waals surface area (Å²) >= 11 is 0. The van der Waals surface area contributed by atoms with Crippen molar-refractivity contribution < 1.29 is 8.42 Å². The van der Waals surface area contributed by atoms with Crippen LogP contribution in [-0.4, -0.2) is 8.42 Å². The van der Waals surface area contributed by atoms with Gasteiger partial charge in [0.05, 0.1) is 17.1 Å². The molecule has 0 aliphatic carbocycles. The van der Waals surface area contributed by atoms with Gasteiger partial charge in [0.2, 0.25) is 0 Å². The van der Waals surface area contributed by atoms with Crippen LogP contribution in [0.2, 0.25) is 0 Å². The average molecular weight is 352 g/mol. The largest absolute Gasteiger partial charge is 0.399 e. The second-order valence-corrected chi connectivity index (χ2v) is 7.76. The van der Waals surface area contributed by atoms with Crippen LogP contribution in [0.25, 0.3) is 0 Å². The second-order valence-electron chi connectivity index (χ2n) is 5.90. The molecular weight excluding hydrogens is 332 g/mol. The number of hydrogen-bond acceptors (Lipinski definition) is 3. The summed E-state index contributed by atoms with van der Waals surface area (Å²) in [6.07, 6.45) is 0. The van der Waals surface area contributed by atoms with E-state index >= 15 is 0 Å². The van der Waals surface area contributed by atoms with Gasteiger partial charge in [-0.1, -0.05) is 48.0 Å². The van der Waals surface area contributed by atoms with E-state index in [1.807, 2.05) is 37.3 Å². The van der Waals surface area contributed by atoms with E-state index in [9.17, 15) is 8.42 Å². The molecular formula is C20H20N2O2S. The lowest BCUT2D eigenvalue weighted by Gasteiger charge is -2.25. The highest BCUT2D eigenvalue weighted by atomic mass is 32.2. The molecule has 0 heterocycles. The van der Waals surface area contributed by atoms with E-state index in [-0.39, 0.29) is 11.4 Å². The summed E-state index contributed by atoms with van der Waals surface area (Å²) in [5.41, 5.74) is 8.85. The summed E-state index contributed by atoms with van der Waals surface area (Å²) < 4.78 is 27.9. The van der Waals surface area contributed by atoms with Gasteiger partial charge in [0, 0.05) is 5.69 Å². The zero-order valence-electron chi connectivity index (χ0n) is 14.0. The van der Waals surface area contributed by atoms with Crippen molar-refractivity contribution in [3.05, 3.63) is 90.0 Å². The third-order valence-electron chi connectivity index (χ3n) is 3.96. The van der Waals surface area contributed by atoms with Gasteiger partial charge in [-0.2, -0.15) is 0 Å². The molecule has 0 aliphatic heterocycles. The number of aryl methyl sites for hydroxylation is 1. The summed E-state index contributed by atoms with van der Waals surface area (Å²) in [5, 5.41) is 0. The van der Waals surface area contributed by atoms with Gasteiger partial charge in [-0.3, -0.25) is 4.31 Å². The van der Waals surface area contributed by atoms with E-state index in [4.69, 9.17) is 5.73 Å². The molecule has 0 radical (unpaired) electrons. The maximum atomic E-state index is 13.2. The third kappa shape index (κ3) is 3.83. The molecule has 0 unspecified atom stereocenters. The summed E-state index contributed by atoms with van der Waals surface area (Å²) in [6, 6.07) is 23.3. The molecule has 3 rings (SSSR count). The molecule has 0 aromatic heterocycles. The highest BCUT2D eigenvalue weighted by Gasteiger charge is 2.25. The molecule has 0 amide bonds. The molecule has 25 heavy (non-hydrogen) atoms. The number of anilines is 2. The molecule has 0 atom stereocenters. The summed E-state index contributed by atoms with van der Waals surface area (Å²) in [4.78, 5) is 0.269. The van der Waals surface area contributed by atoms with Crippen LogP contribution < -0.4 is 10.0 Å². The van der Waals surface area contributed by atoms with Crippen LogP contribution in [-0.2, 0) is 16.6 Å². The maximum absolute atomic E-state index is 13.2. The molecule has 2 N–H and O–H groups in total. The van der Waals surface area contributed by atoms with E-state index < -0.39 is 10.0 Å². The Balaban J connectivity index is 2.06. The molecule has 4 nitrogen and oxygen atoms in total. The lowest BCUT2D eigenvalue weighted by molar-refractivity contribution is 0.590. The van der Waals surface area contributed by atoms with E-state index in [0.29, 0.717) is 11.4 Å². The van der Waals surface area contributed by atoms with E-state index in [1.165, 1.54) is 4.31 Å². The molecule has 0 bridgehead atoms. The Labute approximate surface area is 148 Å². The maximum Gasteiger partial charge on any atom is 0.264 e. The van der Waals surface area contributed by atoms with E-state index in [1.54, 1.807) is 48.5 Å². The van der Waals surface area contributed by atoms with Crippen LogP contribution in [0.4, 0.5) is 11.4 Å². The van der Waals surface area contributed by atoms with Gasteiger partial charge in [-0.15, -0.1) is 0 Å². The highest BCUT2D eigenvalue weighted by Crippen LogP contribution is 2.27. The number of nitrogens with two attached hydrogens (primary N) is 1. The minimum Gasteiger partial charge on any atom is -0.399 e. The third-order valence-corrected chi connectivity index (χ3v) is 5.75. The number of sulfonamides is 1. The molecule has 0 spiro atoms. The molecule has 128 valence electrons. The Morgan fingerprint density at radius 1 is 0.840 bits per heavy atom. The van der Waals surface area contributed by atoms with Crippen molar-refractivity contribution in [2.24, 2.45) is 0 Å². The molecule has 0 aliphatic rings. The van der Waals surface area contributed by atoms with Crippen LogP contribution in [0.3, 0.4) is 0 Å². The SMILES string of the molecule is Cc1ccc(S(=O)(=O)N(Cc2ccccc2)c2ccc(N)cc2)cc1. The Kier molecular flexibility index (Phi) is 4.76. The van der Waals surface area contributed by atoms with Gasteiger partial charge < -0.3 is 5.73 Å². The van der Waals surface area contributed by atoms with Gasteiger partial charge in [0.25, 0.3) is 10.0 Å². The van der Waals surface area contributed by atoms with Crippen molar-refractivity contribution in [2.45, 2.75) is 18.4 Å². The lowest BCUT2D eigenvalue weighted by Crippen LogP contribution is -2.30. The van der Waals surface area contributed by atoms with Crippen molar-refractivity contribution in [2.75, 3.05) is 10.0 Å². The minimum atomic E-state index is -3.69. The number of benzene rings is 3. The topological polar surface area (TPSA) is 63.4 Å². The minimum absolute atomic E-state index is 0.251. The Morgan fingerprint density at radius 2 is 1.44 bits per heavy atom. The quantitative estimate of drug-likeness (QED) is 0.707. The van der Waals surface area contributed by atoms with Crippen LogP contribution in [0, 0.1) is 6.92 Å². The van der Waals surface area contributed by atoms with Crippen LogP contribution >= 0.6 is 0 Å². The molecule has 5 heteroatoms. The normalized spacial score (nSPS) is 11.2. The zero-order chi connectivity index (χ0) is 17.9. The van der Waals surface area contributed by atoms with Crippen molar-refractivity contribution >= 4 is 21.4 Å². The summed E-state index contributed by atoms with van der Waals surface area (Å²) in [6.45, 7) is 2.18. The first-order valence-electron chi connectivity index (χ1n) is 7.96. The van der Waals surface area contributed by atoms with Gasteiger partial charge in [0.15, 0.2) is 0 Å². The number of nitrogen functional groups attached to an aromatic ring is 1. The molecule has 0 saturated carbocycles. The fourth-order valence-corrected chi connectivity index (χ4v) is 4.00. The second kappa shape index (κ2) is 6.99. The van der Waals surface area contributed by atoms with Gasteiger partial charge in [0.1, 0.15) is 0 Å². The van der Waals surface area contributed by atoms with Crippen LogP contribution in [0.1, 0.15) is 11.1 Å². The van der Waals surface area contributed by atoms with Crippen molar-refractivity contribution in [3.8, 4) is 0 Å². The number of rotatable bonds is 5. The molecule has 0 saturated heterocycles. The Bertz CT molecular complexity index is 935. The molecule has 3 aromatic rings. The Morgan fingerprint density at radius 3 is 2.04 bits per heavy atom. The standard InChI is InChI=1S/C20H20N2O2S/c1-16-7-13-20(14-8-16)25(23,24)22(15-17-5-3-2-4-6-17)19-11-9-18(21)10-12-19/h2-14H,15,21H2,1H3. The summed E-state index contributed by atoms with van der Waals surface area (Å²) in [5.74, 6) is 0. The first-order valence-corrected chi connectivity index (χ1v) is 9.40. The molecule has 0 fully saturated rings. The highest BCUT2D eigenvalue weighted by molar-refractivity contribution is 7.92. The smallest absolute Gasteiger partial charge is 0.264 e. The van der Waals surface area contributed by atoms with Crippen molar-refractivity contribution in [3.63, 3.8) is 0 Å². The van der Waals surface area contributed by atoms with Crippen LogP contribution in [0.15, 0.2) is 83.8 Å². The van der Waals surface area contributed by atoms with Crippen molar-refractivity contribution in [1.29, 1.82) is 0 Å². The first kappa shape index (κ1) is 17.0. The van der Waals surface area contributed by atoms with Gasteiger partial charge in [-0.25, -0.2) is 8.42 Å². The van der Waals surface area contributed by atoms with Gasteiger partial charge >= 0.3 is 0 Å². The number of hydrogen-bond donors (Lipinski definition) is 1. The Hall–Kier alpha value is -2.79.